The zero-order valence-corrected chi connectivity index (χ0v) is 17.6. The summed E-state index contributed by atoms with van der Waals surface area (Å²) in [5, 5.41) is 0. The highest BCUT2D eigenvalue weighted by molar-refractivity contribution is 6.32. The number of carbonyl (C=O) groups excluding carboxylic acids is 4. The number of benzene rings is 3. The second-order valence-corrected chi connectivity index (χ2v) is 7.49. The highest BCUT2D eigenvalue weighted by Gasteiger charge is 2.38. The number of H-pyrrole nitrogens is 1. The Hall–Kier alpha value is -4.59. The van der Waals surface area contributed by atoms with Gasteiger partial charge in [-0.1, -0.05) is 24.3 Å². The maximum Gasteiger partial charge on any atom is 0.308 e. The monoisotopic (exact) mass is 440 g/mol. The minimum Gasteiger partial charge on any atom is -0.426 e. The Balaban J connectivity index is 1.79. The van der Waals surface area contributed by atoms with Gasteiger partial charge in [-0.05, 0) is 30.3 Å². The molecule has 1 aromatic heterocycles. The second-order valence-electron chi connectivity index (χ2n) is 7.49. The number of aromatic nitrogens is 2. The van der Waals surface area contributed by atoms with Gasteiger partial charge in [0.05, 0.1) is 22.2 Å². The summed E-state index contributed by atoms with van der Waals surface area (Å²) in [5.74, 6) is -2.05. The van der Waals surface area contributed by atoms with E-state index in [0.717, 1.165) is 5.52 Å². The summed E-state index contributed by atoms with van der Waals surface area (Å²) >= 11 is 0. The van der Waals surface area contributed by atoms with E-state index in [1.165, 1.54) is 38.1 Å². The highest BCUT2D eigenvalue weighted by Crippen LogP contribution is 2.41. The number of rotatable bonds is 3. The fourth-order valence-corrected chi connectivity index (χ4v) is 4.02. The van der Waals surface area contributed by atoms with E-state index in [0.29, 0.717) is 16.9 Å². The van der Waals surface area contributed by atoms with Crippen LogP contribution in [-0.4, -0.2) is 33.5 Å². The van der Waals surface area contributed by atoms with E-state index in [-0.39, 0.29) is 33.8 Å². The first-order valence-electron chi connectivity index (χ1n) is 10.1. The minimum atomic E-state index is -0.645. The van der Waals surface area contributed by atoms with Crippen LogP contribution in [0, 0.1) is 0 Å². The summed E-state index contributed by atoms with van der Waals surface area (Å²) < 4.78 is 10.5. The van der Waals surface area contributed by atoms with Crippen LogP contribution in [0.3, 0.4) is 0 Å². The quantitative estimate of drug-likeness (QED) is 0.335. The average molecular weight is 440 g/mol. The molecule has 0 spiro atoms. The molecule has 0 fully saturated rings. The van der Waals surface area contributed by atoms with Crippen molar-refractivity contribution in [3.8, 4) is 22.9 Å². The van der Waals surface area contributed by atoms with Gasteiger partial charge in [-0.25, -0.2) is 4.98 Å². The molecule has 0 atom stereocenters. The van der Waals surface area contributed by atoms with Crippen molar-refractivity contribution in [2.24, 2.45) is 0 Å². The van der Waals surface area contributed by atoms with Gasteiger partial charge in [0, 0.05) is 30.5 Å². The molecule has 3 aromatic carbocycles. The fourth-order valence-electron chi connectivity index (χ4n) is 4.02. The van der Waals surface area contributed by atoms with Gasteiger partial charge in [0.15, 0.2) is 5.78 Å². The second kappa shape index (κ2) is 7.52. The van der Waals surface area contributed by atoms with Crippen molar-refractivity contribution >= 4 is 34.5 Å². The molecule has 0 unspecified atom stereocenters. The van der Waals surface area contributed by atoms with Crippen LogP contribution < -0.4 is 9.47 Å². The molecule has 162 valence electrons. The SMILES string of the molecule is CC(=O)Oc1cccc2c1C(=O)c1c(OC(C)=O)ccc(-c3nc4ccccc4[nH]3)c1C2=O. The Morgan fingerprint density at radius 2 is 1.42 bits per heavy atom. The van der Waals surface area contributed by atoms with Gasteiger partial charge >= 0.3 is 11.9 Å². The number of hydrogen-bond donors (Lipinski definition) is 1. The number of imidazole rings is 1. The highest BCUT2D eigenvalue weighted by atomic mass is 16.5. The van der Waals surface area contributed by atoms with Crippen LogP contribution in [0.4, 0.5) is 0 Å². The largest absolute Gasteiger partial charge is 0.426 e. The smallest absolute Gasteiger partial charge is 0.308 e. The fraction of sp³-hybridized carbons (Fsp3) is 0.0800. The number of para-hydroxylation sites is 2. The summed E-state index contributed by atoms with van der Waals surface area (Å²) in [5.41, 5.74) is 1.85. The topological polar surface area (TPSA) is 115 Å². The predicted molar refractivity (Wildman–Crippen MR) is 117 cm³/mol. The maximum atomic E-state index is 13.7. The van der Waals surface area contributed by atoms with Crippen molar-refractivity contribution in [1.29, 1.82) is 0 Å². The van der Waals surface area contributed by atoms with Gasteiger partial charge in [-0.2, -0.15) is 0 Å². The predicted octanol–water partition coefficient (Wildman–Crippen LogP) is 3.86. The molecule has 1 aliphatic carbocycles. The van der Waals surface area contributed by atoms with E-state index in [2.05, 4.69) is 9.97 Å². The number of nitrogens with zero attached hydrogens (tertiary/aromatic N) is 1. The number of nitrogens with one attached hydrogen (secondary N) is 1. The third-order valence-electron chi connectivity index (χ3n) is 5.27. The molecule has 0 radical (unpaired) electrons. The molecule has 0 amide bonds. The number of ketones is 2. The standard InChI is InChI=1S/C25H16N2O6/c1-12(28)32-18-9-5-6-14-20(18)24(31)22-19(33-13(2)29)11-10-15(21(22)23(14)30)25-26-16-7-3-4-8-17(16)27-25/h3-11H,1-2H3,(H,26,27). The van der Waals surface area contributed by atoms with Crippen LogP contribution in [-0.2, 0) is 9.59 Å². The van der Waals surface area contributed by atoms with E-state index in [1.807, 2.05) is 24.3 Å². The first-order chi connectivity index (χ1) is 15.8. The van der Waals surface area contributed by atoms with Crippen molar-refractivity contribution in [3.05, 3.63) is 76.9 Å². The van der Waals surface area contributed by atoms with Crippen LogP contribution in [0.15, 0.2) is 54.6 Å². The summed E-state index contributed by atoms with van der Waals surface area (Å²) in [6, 6.07) is 14.9. The van der Waals surface area contributed by atoms with Gasteiger partial charge in [-0.3, -0.25) is 19.2 Å². The summed E-state index contributed by atoms with van der Waals surface area (Å²) in [4.78, 5) is 58.3. The van der Waals surface area contributed by atoms with E-state index >= 15 is 0 Å². The van der Waals surface area contributed by atoms with Crippen molar-refractivity contribution in [1.82, 2.24) is 9.97 Å². The lowest BCUT2D eigenvalue weighted by molar-refractivity contribution is -0.132. The van der Waals surface area contributed by atoms with Gasteiger partial charge in [0.1, 0.15) is 17.3 Å². The van der Waals surface area contributed by atoms with Crippen LogP contribution in [0.1, 0.15) is 45.7 Å². The summed E-state index contributed by atoms with van der Waals surface area (Å²) in [7, 11) is 0. The molecule has 0 saturated carbocycles. The molecule has 4 aromatic rings. The van der Waals surface area contributed by atoms with Crippen LogP contribution in [0.2, 0.25) is 0 Å². The normalized spacial score (nSPS) is 12.3. The van der Waals surface area contributed by atoms with Crippen molar-refractivity contribution in [2.45, 2.75) is 13.8 Å². The Morgan fingerprint density at radius 1 is 0.727 bits per heavy atom. The van der Waals surface area contributed by atoms with E-state index < -0.39 is 23.5 Å². The molecule has 5 rings (SSSR count). The first kappa shape index (κ1) is 20.3. The summed E-state index contributed by atoms with van der Waals surface area (Å²) in [6.07, 6.45) is 0. The van der Waals surface area contributed by atoms with Crippen molar-refractivity contribution in [3.63, 3.8) is 0 Å². The molecule has 1 heterocycles. The van der Waals surface area contributed by atoms with Gasteiger partial charge < -0.3 is 14.5 Å². The number of esters is 2. The number of hydrogen-bond acceptors (Lipinski definition) is 7. The molecule has 33 heavy (non-hydrogen) atoms. The molecular formula is C25H16N2O6. The molecule has 0 saturated heterocycles. The molecule has 0 aliphatic heterocycles. The van der Waals surface area contributed by atoms with Crippen molar-refractivity contribution in [2.75, 3.05) is 0 Å². The Morgan fingerprint density at radius 3 is 2.12 bits per heavy atom. The van der Waals surface area contributed by atoms with Gasteiger partial charge in [0.25, 0.3) is 0 Å². The number of carbonyl (C=O) groups is 4. The van der Waals surface area contributed by atoms with Crippen LogP contribution >= 0.6 is 0 Å². The first-order valence-corrected chi connectivity index (χ1v) is 10.1. The van der Waals surface area contributed by atoms with Crippen molar-refractivity contribution < 1.29 is 28.7 Å². The summed E-state index contributed by atoms with van der Waals surface area (Å²) in [6.45, 7) is 2.40. The van der Waals surface area contributed by atoms with E-state index in [1.54, 1.807) is 6.07 Å². The number of ether oxygens (including phenoxy) is 2. The Kier molecular flexibility index (Phi) is 4.63. The zero-order valence-electron chi connectivity index (χ0n) is 17.6. The molecular weight excluding hydrogens is 424 g/mol. The van der Waals surface area contributed by atoms with Crippen LogP contribution in [0.5, 0.6) is 11.5 Å². The number of aromatic amines is 1. The lowest BCUT2D eigenvalue weighted by Gasteiger charge is -2.23. The molecule has 8 nitrogen and oxygen atoms in total. The van der Waals surface area contributed by atoms with E-state index in [4.69, 9.17) is 9.47 Å². The Bertz CT molecular complexity index is 1480. The molecule has 0 bridgehead atoms. The molecule has 1 N–H and O–H groups in total. The molecule has 1 aliphatic rings. The lowest BCUT2D eigenvalue weighted by Crippen LogP contribution is -2.24. The van der Waals surface area contributed by atoms with Gasteiger partial charge in [-0.15, -0.1) is 0 Å². The number of fused-ring (bicyclic) bond motifs is 3. The van der Waals surface area contributed by atoms with Gasteiger partial charge in [0.2, 0.25) is 5.78 Å². The minimum absolute atomic E-state index is 0.0353. The maximum absolute atomic E-state index is 13.7. The Labute approximate surface area is 187 Å². The van der Waals surface area contributed by atoms with E-state index in [9.17, 15) is 19.2 Å². The van der Waals surface area contributed by atoms with Crippen LogP contribution in [0.25, 0.3) is 22.4 Å². The average Bonchev–Trinajstić information content (AvgIpc) is 3.20. The zero-order chi connectivity index (χ0) is 23.3. The lowest BCUT2D eigenvalue weighted by atomic mass is 9.80. The third kappa shape index (κ3) is 3.28. The molecule has 8 heteroatoms. The third-order valence-corrected chi connectivity index (χ3v) is 5.27.